The fraction of sp³-hybridized carbons (Fsp3) is 0.368. The lowest BCUT2D eigenvalue weighted by Gasteiger charge is -2.36. The predicted molar refractivity (Wildman–Crippen MR) is 95.3 cm³/mol. The number of aliphatic hydroxyl groups is 1. The van der Waals surface area contributed by atoms with Crippen LogP contribution in [0.3, 0.4) is 0 Å². The Balaban J connectivity index is 1.64. The molecule has 2 N–H and O–H groups in total. The minimum absolute atomic E-state index is 0.226. The number of piperidine rings is 1. The molecule has 2 unspecified atom stereocenters. The van der Waals surface area contributed by atoms with Gasteiger partial charge in [0.05, 0.1) is 10.6 Å². The molecule has 23 heavy (non-hydrogen) atoms. The number of hydrogen-bond acceptors (Lipinski definition) is 3. The zero-order valence-electron chi connectivity index (χ0n) is 13.0. The molecule has 0 aliphatic carbocycles. The summed E-state index contributed by atoms with van der Waals surface area (Å²) >= 11 is 3.36. The second-order valence-electron chi connectivity index (χ2n) is 6.33. The second kappa shape index (κ2) is 7.47. The van der Waals surface area contributed by atoms with Crippen LogP contribution in [0.2, 0.25) is 0 Å². The summed E-state index contributed by atoms with van der Waals surface area (Å²) in [4.78, 5) is 2.42. The highest BCUT2D eigenvalue weighted by atomic mass is 79.9. The van der Waals surface area contributed by atoms with E-state index in [1.165, 1.54) is 5.56 Å². The van der Waals surface area contributed by atoms with Gasteiger partial charge in [0.15, 0.2) is 0 Å². The molecule has 2 atom stereocenters. The largest absolute Gasteiger partial charge is 0.507 e. The van der Waals surface area contributed by atoms with E-state index in [-0.39, 0.29) is 17.8 Å². The normalized spacial score (nSPS) is 22.2. The summed E-state index contributed by atoms with van der Waals surface area (Å²) < 4.78 is 0.710. The Morgan fingerprint density at radius 3 is 2.61 bits per heavy atom. The van der Waals surface area contributed by atoms with Gasteiger partial charge in [-0.2, -0.15) is 0 Å². The molecule has 3 rings (SSSR count). The average molecular weight is 376 g/mol. The van der Waals surface area contributed by atoms with E-state index in [1.54, 1.807) is 6.07 Å². The number of phenols is 1. The molecule has 2 aromatic carbocycles. The topological polar surface area (TPSA) is 43.7 Å². The first-order valence-electron chi connectivity index (χ1n) is 8.03. The van der Waals surface area contributed by atoms with E-state index >= 15 is 0 Å². The van der Waals surface area contributed by atoms with Gasteiger partial charge >= 0.3 is 0 Å². The van der Waals surface area contributed by atoms with E-state index in [0.29, 0.717) is 4.47 Å². The zero-order chi connectivity index (χ0) is 16.2. The molecule has 0 radical (unpaired) electrons. The maximum absolute atomic E-state index is 10.4. The number of halogens is 1. The quantitative estimate of drug-likeness (QED) is 0.857. The Kier molecular flexibility index (Phi) is 5.36. The first kappa shape index (κ1) is 16.5. The summed E-state index contributed by atoms with van der Waals surface area (Å²) in [6.07, 6.45) is 1.39. The van der Waals surface area contributed by atoms with Gasteiger partial charge in [-0.15, -0.1) is 0 Å². The number of aliphatic hydroxyl groups excluding tert-OH is 1. The first-order chi connectivity index (χ1) is 11.1. The molecule has 3 nitrogen and oxygen atoms in total. The summed E-state index contributed by atoms with van der Waals surface area (Å²) in [5.74, 6) is 0.479. The molecule has 0 bridgehead atoms. The minimum Gasteiger partial charge on any atom is -0.507 e. The molecular formula is C19H22BrNO2. The molecular weight excluding hydrogens is 354 g/mol. The average Bonchev–Trinajstić information content (AvgIpc) is 2.55. The van der Waals surface area contributed by atoms with E-state index < -0.39 is 0 Å². The van der Waals surface area contributed by atoms with Crippen LogP contribution in [0.25, 0.3) is 0 Å². The van der Waals surface area contributed by atoms with Crippen molar-refractivity contribution in [1.82, 2.24) is 4.90 Å². The van der Waals surface area contributed by atoms with Gasteiger partial charge in [-0.1, -0.05) is 36.4 Å². The molecule has 1 aliphatic heterocycles. The van der Waals surface area contributed by atoms with Gasteiger partial charge in [-0.3, -0.25) is 4.90 Å². The van der Waals surface area contributed by atoms with Crippen LogP contribution in [0.1, 0.15) is 17.5 Å². The lowest BCUT2D eigenvalue weighted by molar-refractivity contribution is 0.0239. The van der Waals surface area contributed by atoms with Crippen molar-refractivity contribution in [1.29, 1.82) is 0 Å². The molecule has 2 aromatic rings. The maximum Gasteiger partial charge on any atom is 0.129 e. The smallest absolute Gasteiger partial charge is 0.129 e. The SMILES string of the molecule is Oc1ccc(CC2CN(Cc3ccccc3)CCC2O)cc1Br. The molecule has 1 heterocycles. The van der Waals surface area contributed by atoms with E-state index in [4.69, 9.17) is 0 Å². The zero-order valence-corrected chi connectivity index (χ0v) is 14.6. The molecule has 1 fully saturated rings. The number of nitrogens with zero attached hydrogens (tertiary/aromatic N) is 1. The van der Waals surface area contributed by atoms with E-state index in [1.807, 2.05) is 18.2 Å². The Bertz CT molecular complexity index is 647. The van der Waals surface area contributed by atoms with Crippen LogP contribution >= 0.6 is 15.9 Å². The number of benzene rings is 2. The molecule has 0 amide bonds. The maximum atomic E-state index is 10.4. The van der Waals surface area contributed by atoms with Crippen molar-refractivity contribution in [3.8, 4) is 5.75 Å². The number of hydrogen-bond donors (Lipinski definition) is 2. The van der Waals surface area contributed by atoms with Gasteiger partial charge < -0.3 is 10.2 Å². The third kappa shape index (κ3) is 4.34. The van der Waals surface area contributed by atoms with Crippen LogP contribution in [0.15, 0.2) is 53.0 Å². The summed E-state index contributed by atoms with van der Waals surface area (Å²) in [6.45, 7) is 2.77. The van der Waals surface area contributed by atoms with Crippen molar-refractivity contribution >= 4 is 15.9 Å². The van der Waals surface area contributed by atoms with Crippen LogP contribution < -0.4 is 0 Å². The van der Waals surface area contributed by atoms with Crippen molar-refractivity contribution in [3.05, 3.63) is 64.1 Å². The summed E-state index contributed by atoms with van der Waals surface area (Å²) in [6, 6.07) is 16.1. The van der Waals surface area contributed by atoms with Crippen LogP contribution in [-0.2, 0) is 13.0 Å². The van der Waals surface area contributed by atoms with Crippen molar-refractivity contribution in [2.45, 2.75) is 25.5 Å². The first-order valence-corrected chi connectivity index (χ1v) is 8.83. The fourth-order valence-corrected chi connectivity index (χ4v) is 3.69. The summed E-state index contributed by atoms with van der Waals surface area (Å²) in [7, 11) is 0. The van der Waals surface area contributed by atoms with Gasteiger partial charge in [0.2, 0.25) is 0 Å². The van der Waals surface area contributed by atoms with Gasteiger partial charge in [-0.25, -0.2) is 0 Å². The Morgan fingerprint density at radius 2 is 1.87 bits per heavy atom. The molecule has 122 valence electrons. The van der Waals surface area contributed by atoms with Crippen molar-refractivity contribution < 1.29 is 10.2 Å². The van der Waals surface area contributed by atoms with Crippen molar-refractivity contribution in [2.75, 3.05) is 13.1 Å². The van der Waals surface area contributed by atoms with Gasteiger partial charge in [-0.05, 0) is 52.0 Å². The second-order valence-corrected chi connectivity index (χ2v) is 7.18. The third-order valence-corrected chi connectivity index (χ3v) is 5.17. The summed E-state index contributed by atoms with van der Waals surface area (Å²) in [5.41, 5.74) is 2.45. The number of likely N-dealkylation sites (tertiary alicyclic amines) is 1. The highest BCUT2D eigenvalue weighted by molar-refractivity contribution is 9.10. The summed E-state index contributed by atoms with van der Waals surface area (Å²) in [5, 5.41) is 20.0. The van der Waals surface area contributed by atoms with E-state index in [2.05, 4.69) is 45.1 Å². The lowest BCUT2D eigenvalue weighted by Crippen LogP contribution is -2.43. The minimum atomic E-state index is -0.255. The number of aromatic hydroxyl groups is 1. The highest BCUT2D eigenvalue weighted by Gasteiger charge is 2.27. The lowest BCUT2D eigenvalue weighted by atomic mass is 9.88. The third-order valence-electron chi connectivity index (χ3n) is 4.54. The van der Waals surface area contributed by atoms with Gasteiger partial charge in [0, 0.05) is 25.6 Å². The molecule has 4 heteroatoms. The molecule has 1 aliphatic rings. The highest BCUT2D eigenvalue weighted by Crippen LogP contribution is 2.28. The molecule has 0 saturated carbocycles. The van der Waals surface area contributed by atoms with Gasteiger partial charge in [0.25, 0.3) is 0 Å². The fourth-order valence-electron chi connectivity index (χ4n) is 3.26. The molecule has 0 aromatic heterocycles. The molecule has 0 spiro atoms. The van der Waals surface area contributed by atoms with Crippen LogP contribution in [0.5, 0.6) is 5.75 Å². The standard InChI is InChI=1S/C19H22BrNO2/c20-17-11-15(6-7-19(17)23)10-16-13-21(9-8-18(16)22)12-14-4-2-1-3-5-14/h1-7,11,16,18,22-23H,8-10,12-13H2. The Morgan fingerprint density at radius 1 is 1.09 bits per heavy atom. The number of rotatable bonds is 4. The van der Waals surface area contributed by atoms with Crippen LogP contribution in [0, 0.1) is 5.92 Å². The van der Waals surface area contributed by atoms with Crippen molar-refractivity contribution in [2.24, 2.45) is 5.92 Å². The predicted octanol–water partition coefficient (Wildman–Crippen LogP) is 3.58. The Hall–Kier alpha value is -1.36. The van der Waals surface area contributed by atoms with Crippen LogP contribution in [-0.4, -0.2) is 34.3 Å². The van der Waals surface area contributed by atoms with Crippen LogP contribution in [0.4, 0.5) is 0 Å². The molecule has 1 saturated heterocycles. The van der Waals surface area contributed by atoms with Crippen molar-refractivity contribution in [3.63, 3.8) is 0 Å². The van der Waals surface area contributed by atoms with E-state index in [9.17, 15) is 10.2 Å². The Labute approximate surface area is 145 Å². The van der Waals surface area contributed by atoms with E-state index in [0.717, 1.165) is 38.0 Å². The van der Waals surface area contributed by atoms with Gasteiger partial charge in [0.1, 0.15) is 5.75 Å². The number of phenolic OH excluding ortho intramolecular Hbond substituents is 1. The monoisotopic (exact) mass is 375 g/mol.